The topological polar surface area (TPSA) is 48.5 Å². The molecule has 0 aliphatic carbocycles. The monoisotopic (exact) mass is 360 g/mol. The number of piperazine rings is 1. The maximum Gasteiger partial charge on any atom is 0.234 e. The van der Waals surface area contributed by atoms with E-state index in [0.29, 0.717) is 5.69 Å². The number of benzene rings is 1. The smallest absolute Gasteiger partial charge is 0.234 e. The molecule has 5 nitrogen and oxygen atoms in total. The number of likely N-dealkylation sites (N-methyl/N-ethyl adjacent to an activating group) is 1. The van der Waals surface area contributed by atoms with Crippen molar-refractivity contribution in [3.8, 4) is 0 Å². The van der Waals surface area contributed by atoms with E-state index in [0.717, 1.165) is 36.9 Å². The molecular weight excluding hydrogens is 339 g/mol. The van der Waals surface area contributed by atoms with Gasteiger partial charge in [-0.05, 0) is 43.4 Å². The number of halogens is 1. The molecule has 1 aromatic heterocycles. The van der Waals surface area contributed by atoms with Crippen molar-refractivity contribution >= 4 is 29.2 Å². The first-order chi connectivity index (χ1) is 12.1. The summed E-state index contributed by atoms with van der Waals surface area (Å²) in [4.78, 5) is 21.9. The van der Waals surface area contributed by atoms with Gasteiger partial charge in [0.25, 0.3) is 0 Å². The highest BCUT2D eigenvalue weighted by molar-refractivity contribution is 8.00. The first kappa shape index (κ1) is 17.7. The molecule has 7 heteroatoms. The zero-order chi connectivity index (χ0) is 17.6. The summed E-state index contributed by atoms with van der Waals surface area (Å²) >= 11 is 1.37. The Morgan fingerprint density at radius 3 is 2.52 bits per heavy atom. The number of carbonyl (C=O) groups excluding carboxylic acids is 1. The highest BCUT2D eigenvalue weighted by atomic mass is 32.2. The second-order valence-electron chi connectivity index (χ2n) is 5.99. The lowest BCUT2D eigenvalue weighted by atomic mass is 10.3. The first-order valence-electron chi connectivity index (χ1n) is 8.18. The van der Waals surface area contributed by atoms with Crippen LogP contribution in [0.25, 0.3) is 0 Å². The maximum atomic E-state index is 12.9. The van der Waals surface area contributed by atoms with Crippen molar-refractivity contribution in [3.05, 3.63) is 48.4 Å². The fourth-order valence-corrected chi connectivity index (χ4v) is 3.26. The van der Waals surface area contributed by atoms with Crippen LogP contribution in [0.3, 0.4) is 0 Å². The molecule has 1 aliphatic rings. The first-order valence-corrected chi connectivity index (χ1v) is 9.16. The second-order valence-corrected chi connectivity index (χ2v) is 7.03. The van der Waals surface area contributed by atoms with Crippen LogP contribution in [0.4, 0.5) is 15.9 Å². The fraction of sp³-hybridized carbons (Fsp3) is 0.333. The molecule has 3 rings (SSSR count). The van der Waals surface area contributed by atoms with Crippen LogP contribution in [-0.2, 0) is 4.79 Å². The molecule has 0 radical (unpaired) electrons. The lowest BCUT2D eigenvalue weighted by Crippen LogP contribution is -2.44. The van der Waals surface area contributed by atoms with Crippen LogP contribution in [0, 0.1) is 5.82 Å². The lowest BCUT2D eigenvalue weighted by Gasteiger charge is -2.33. The third-order valence-electron chi connectivity index (χ3n) is 4.04. The van der Waals surface area contributed by atoms with E-state index in [1.807, 2.05) is 12.1 Å². The summed E-state index contributed by atoms with van der Waals surface area (Å²) < 4.78 is 12.9. The van der Waals surface area contributed by atoms with Crippen molar-refractivity contribution in [2.75, 3.05) is 49.2 Å². The molecule has 0 unspecified atom stereocenters. The van der Waals surface area contributed by atoms with Gasteiger partial charge in [-0.15, -0.1) is 11.8 Å². The minimum Gasteiger partial charge on any atom is -0.354 e. The van der Waals surface area contributed by atoms with Crippen molar-refractivity contribution in [2.24, 2.45) is 0 Å². The largest absolute Gasteiger partial charge is 0.354 e. The van der Waals surface area contributed by atoms with E-state index in [-0.39, 0.29) is 17.5 Å². The molecule has 132 valence electrons. The number of aromatic nitrogens is 1. The summed E-state index contributed by atoms with van der Waals surface area (Å²) in [5.74, 6) is 0.821. The molecule has 0 spiro atoms. The Bertz CT molecular complexity index is 700. The summed E-state index contributed by atoms with van der Waals surface area (Å²) in [5.41, 5.74) is 0.683. The molecule has 1 aromatic carbocycles. The number of pyridine rings is 1. The molecule has 0 atom stereocenters. The number of hydrogen-bond donors (Lipinski definition) is 1. The van der Waals surface area contributed by atoms with Gasteiger partial charge in [-0.3, -0.25) is 4.79 Å². The predicted molar refractivity (Wildman–Crippen MR) is 99.7 cm³/mol. The number of rotatable bonds is 5. The minimum absolute atomic E-state index is 0.108. The summed E-state index contributed by atoms with van der Waals surface area (Å²) in [7, 11) is 2.12. The van der Waals surface area contributed by atoms with Crippen LogP contribution >= 0.6 is 11.8 Å². The average Bonchev–Trinajstić information content (AvgIpc) is 2.63. The van der Waals surface area contributed by atoms with Gasteiger partial charge in [0.1, 0.15) is 11.6 Å². The Hall–Kier alpha value is -2.12. The third-order valence-corrected chi connectivity index (χ3v) is 5.05. The zero-order valence-electron chi connectivity index (χ0n) is 14.1. The van der Waals surface area contributed by atoms with E-state index in [1.54, 1.807) is 18.3 Å². The van der Waals surface area contributed by atoms with Crippen LogP contribution in [0.15, 0.2) is 47.5 Å². The summed E-state index contributed by atoms with van der Waals surface area (Å²) in [5, 5.41) is 2.84. The highest BCUT2D eigenvalue weighted by Gasteiger charge is 2.15. The molecule has 1 aliphatic heterocycles. The lowest BCUT2D eigenvalue weighted by molar-refractivity contribution is -0.113. The van der Waals surface area contributed by atoms with E-state index in [9.17, 15) is 9.18 Å². The van der Waals surface area contributed by atoms with Crippen LogP contribution in [0.1, 0.15) is 0 Å². The Balaban J connectivity index is 1.49. The van der Waals surface area contributed by atoms with Gasteiger partial charge in [-0.25, -0.2) is 9.37 Å². The molecule has 0 saturated carbocycles. The quantitative estimate of drug-likeness (QED) is 0.831. The molecule has 1 amide bonds. The number of hydrogen-bond acceptors (Lipinski definition) is 5. The van der Waals surface area contributed by atoms with Crippen molar-refractivity contribution in [3.63, 3.8) is 0 Å². The van der Waals surface area contributed by atoms with Crippen molar-refractivity contribution in [1.29, 1.82) is 0 Å². The number of nitrogens with zero attached hydrogens (tertiary/aromatic N) is 3. The maximum absolute atomic E-state index is 12.9. The van der Waals surface area contributed by atoms with Gasteiger partial charge in [-0.2, -0.15) is 0 Å². The van der Waals surface area contributed by atoms with Gasteiger partial charge < -0.3 is 15.1 Å². The number of anilines is 2. The Morgan fingerprint density at radius 2 is 1.88 bits per heavy atom. The summed E-state index contributed by atoms with van der Waals surface area (Å²) in [6, 6.07) is 9.93. The molecule has 0 bridgehead atoms. The molecule has 1 fully saturated rings. The van der Waals surface area contributed by atoms with Crippen molar-refractivity contribution < 1.29 is 9.18 Å². The minimum atomic E-state index is -0.277. The predicted octanol–water partition coefficient (Wildman–Crippen LogP) is 2.70. The molecule has 1 N–H and O–H groups in total. The molecule has 25 heavy (non-hydrogen) atoms. The van der Waals surface area contributed by atoms with Gasteiger partial charge in [0.2, 0.25) is 5.91 Å². The molecule has 2 heterocycles. The molecule has 2 aromatic rings. The zero-order valence-corrected chi connectivity index (χ0v) is 14.9. The van der Waals surface area contributed by atoms with E-state index in [2.05, 4.69) is 27.1 Å². The number of thioether (sulfide) groups is 1. The standard InChI is InChI=1S/C18H21FN4OS/c1-22-8-10-23(11-9-22)17-7-4-15(12-20-17)21-18(24)13-25-16-5-2-14(19)3-6-16/h2-7,12H,8-11,13H2,1H3,(H,21,24). The van der Waals surface area contributed by atoms with E-state index in [1.165, 1.54) is 23.9 Å². The van der Waals surface area contributed by atoms with Gasteiger partial charge in [0, 0.05) is 31.1 Å². The van der Waals surface area contributed by atoms with Gasteiger partial charge in [0.05, 0.1) is 17.6 Å². The van der Waals surface area contributed by atoms with Crippen molar-refractivity contribution in [1.82, 2.24) is 9.88 Å². The number of nitrogens with one attached hydrogen (secondary N) is 1. The SMILES string of the molecule is CN1CCN(c2ccc(NC(=O)CSc3ccc(F)cc3)cn2)CC1. The van der Waals surface area contributed by atoms with Gasteiger partial charge >= 0.3 is 0 Å². The normalized spacial score (nSPS) is 15.2. The Morgan fingerprint density at radius 1 is 1.16 bits per heavy atom. The van der Waals surface area contributed by atoms with E-state index in [4.69, 9.17) is 0 Å². The van der Waals surface area contributed by atoms with Gasteiger partial charge in [0.15, 0.2) is 0 Å². The summed E-state index contributed by atoms with van der Waals surface area (Å²) in [6.45, 7) is 3.98. The Labute approximate surface area is 151 Å². The molecule has 1 saturated heterocycles. The van der Waals surface area contributed by atoms with E-state index >= 15 is 0 Å². The van der Waals surface area contributed by atoms with Crippen LogP contribution < -0.4 is 10.2 Å². The average molecular weight is 360 g/mol. The number of carbonyl (C=O) groups is 1. The van der Waals surface area contributed by atoms with Crippen LogP contribution in [0.5, 0.6) is 0 Å². The van der Waals surface area contributed by atoms with E-state index < -0.39 is 0 Å². The van der Waals surface area contributed by atoms with Crippen LogP contribution in [-0.4, -0.2) is 54.8 Å². The highest BCUT2D eigenvalue weighted by Crippen LogP contribution is 2.19. The molecular formula is C18H21FN4OS. The van der Waals surface area contributed by atoms with Crippen molar-refractivity contribution in [2.45, 2.75) is 4.90 Å². The Kier molecular flexibility index (Phi) is 5.88. The number of amides is 1. The third kappa shape index (κ3) is 5.17. The summed E-state index contributed by atoms with van der Waals surface area (Å²) in [6.07, 6.45) is 1.69. The fourth-order valence-electron chi connectivity index (χ4n) is 2.56. The second kappa shape index (κ2) is 8.31. The van der Waals surface area contributed by atoms with Gasteiger partial charge in [-0.1, -0.05) is 0 Å². The van der Waals surface area contributed by atoms with Crippen LogP contribution in [0.2, 0.25) is 0 Å².